The van der Waals surface area contributed by atoms with Crippen LogP contribution in [-0.2, 0) is 0 Å². The lowest BCUT2D eigenvalue weighted by molar-refractivity contribution is 0.304. The molecule has 4 nitrogen and oxygen atoms in total. The average Bonchev–Trinajstić information content (AvgIpc) is 2.79. The molecule has 0 fully saturated rings. The normalized spacial score (nSPS) is 12.2. The molecule has 0 aliphatic heterocycles. The first-order valence-electron chi connectivity index (χ1n) is 7.12. The summed E-state index contributed by atoms with van der Waals surface area (Å²) in [6.07, 6.45) is 1.83. The number of hydrogen-bond donors (Lipinski definition) is 2. The van der Waals surface area contributed by atoms with Crippen LogP contribution in [0.4, 0.5) is 11.5 Å². The van der Waals surface area contributed by atoms with Crippen molar-refractivity contribution in [2.45, 2.75) is 26.8 Å². The third kappa shape index (κ3) is 3.95. The first-order chi connectivity index (χ1) is 10.0. The minimum Gasteiger partial charge on any atom is -0.395 e. The predicted molar refractivity (Wildman–Crippen MR) is 90.4 cm³/mol. The fourth-order valence-electron chi connectivity index (χ4n) is 2.36. The first kappa shape index (κ1) is 15.8. The number of aryl methyl sites for hydroxylation is 2. The van der Waals surface area contributed by atoms with Crippen molar-refractivity contribution in [1.82, 2.24) is 4.98 Å². The molecule has 2 rings (SSSR count). The van der Waals surface area contributed by atoms with Gasteiger partial charge in [-0.05, 0) is 44.5 Å². The van der Waals surface area contributed by atoms with Crippen molar-refractivity contribution in [3.63, 3.8) is 0 Å². The minimum atomic E-state index is 0.143. The SMILES string of the molecule is Cc1cc(C(C)Nc2ccc(N(C)CCO)cn2)c(C)s1. The van der Waals surface area contributed by atoms with E-state index in [2.05, 4.69) is 37.1 Å². The molecule has 2 aromatic heterocycles. The van der Waals surface area contributed by atoms with Gasteiger partial charge in [0, 0.05) is 23.3 Å². The van der Waals surface area contributed by atoms with E-state index in [1.807, 2.05) is 41.6 Å². The van der Waals surface area contributed by atoms with Crippen LogP contribution in [0.1, 0.15) is 28.3 Å². The number of aromatic nitrogens is 1. The molecular weight excluding hydrogens is 282 g/mol. The first-order valence-corrected chi connectivity index (χ1v) is 7.94. The van der Waals surface area contributed by atoms with Crippen LogP contribution in [0.3, 0.4) is 0 Å². The van der Waals surface area contributed by atoms with Gasteiger partial charge in [-0.2, -0.15) is 0 Å². The van der Waals surface area contributed by atoms with Crippen molar-refractivity contribution in [1.29, 1.82) is 0 Å². The summed E-state index contributed by atoms with van der Waals surface area (Å²) >= 11 is 1.83. The van der Waals surface area contributed by atoms with Crippen molar-refractivity contribution < 1.29 is 5.11 Å². The topological polar surface area (TPSA) is 48.4 Å². The van der Waals surface area contributed by atoms with Gasteiger partial charge in [0.05, 0.1) is 24.5 Å². The molecule has 0 bridgehead atoms. The summed E-state index contributed by atoms with van der Waals surface area (Å²) in [4.78, 5) is 9.12. The number of anilines is 2. The molecule has 2 aromatic rings. The van der Waals surface area contributed by atoms with Crippen LogP contribution in [0.25, 0.3) is 0 Å². The predicted octanol–water partition coefficient (Wildman–Crippen LogP) is 3.36. The zero-order chi connectivity index (χ0) is 15.4. The maximum absolute atomic E-state index is 8.95. The molecule has 0 aliphatic rings. The molecule has 2 N–H and O–H groups in total. The zero-order valence-electron chi connectivity index (χ0n) is 13.1. The number of aliphatic hydroxyl groups is 1. The van der Waals surface area contributed by atoms with Crippen molar-refractivity contribution in [2.24, 2.45) is 0 Å². The van der Waals surface area contributed by atoms with Crippen LogP contribution >= 0.6 is 11.3 Å². The van der Waals surface area contributed by atoms with Crippen LogP contribution in [0, 0.1) is 13.8 Å². The molecule has 0 aromatic carbocycles. The fraction of sp³-hybridized carbons (Fsp3) is 0.438. The lowest BCUT2D eigenvalue weighted by Crippen LogP contribution is -2.21. The van der Waals surface area contributed by atoms with Gasteiger partial charge in [0.2, 0.25) is 0 Å². The van der Waals surface area contributed by atoms with E-state index in [1.165, 1.54) is 15.3 Å². The van der Waals surface area contributed by atoms with E-state index in [-0.39, 0.29) is 12.6 Å². The van der Waals surface area contributed by atoms with Crippen molar-refractivity contribution in [3.05, 3.63) is 39.7 Å². The van der Waals surface area contributed by atoms with Gasteiger partial charge in [-0.25, -0.2) is 4.98 Å². The summed E-state index contributed by atoms with van der Waals surface area (Å²) in [5.74, 6) is 0.868. The molecule has 114 valence electrons. The summed E-state index contributed by atoms with van der Waals surface area (Å²) in [6.45, 7) is 7.20. The Bertz CT molecular complexity index is 580. The highest BCUT2D eigenvalue weighted by Gasteiger charge is 2.11. The molecule has 0 saturated heterocycles. The van der Waals surface area contributed by atoms with Crippen molar-refractivity contribution in [2.75, 3.05) is 30.4 Å². The van der Waals surface area contributed by atoms with E-state index in [1.54, 1.807) is 0 Å². The minimum absolute atomic E-state index is 0.143. The monoisotopic (exact) mass is 305 g/mol. The molecule has 0 radical (unpaired) electrons. The van der Waals surface area contributed by atoms with Crippen LogP contribution < -0.4 is 10.2 Å². The standard InChI is InChI=1S/C16H23N3OS/c1-11-9-15(13(3)21-11)12(2)18-16-6-5-14(10-17-16)19(4)7-8-20/h5-6,9-10,12,20H,7-8H2,1-4H3,(H,17,18). The van der Waals surface area contributed by atoms with E-state index >= 15 is 0 Å². The molecule has 2 heterocycles. The molecule has 5 heteroatoms. The Kier molecular flexibility index (Phi) is 5.20. The van der Waals surface area contributed by atoms with Crippen LogP contribution in [0.5, 0.6) is 0 Å². The number of nitrogens with one attached hydrogen (secondary N) is 1. The van der Waals surface area contributed by atoms with E-state index in [0.29, 0.717) is 6.54 Å². The Morgan fingerprint density at radius 1 is 1.38 bits per heavy atom. The van der Waals surface area contributed by atoms with E-state index < -0.39 is 0 Å². The highest BCUT2D eigenvalue weighted by molar-refractivity contribution is 7.12. The number of rotatable bonds is 6. The quantitative estimate of drug-likeness (QED) is 0.859. The molecular formula is C16H23N3OS. The van der Waals surface area contributed by atoms with Gasteiger partial charge >= 0.3 is 0 Å². The Morgan fingerprint density at radius 2 is 2.14 bits per heavy atom. The van der Waals surface area contributed by atoms with Crippen molar-refractivity contribution >= 4 is 22.8 Å². The Balaban J connectivity index is 2.04. The highest BCUT2D eigenvalue weighted by Crippen LogP contribution is 2.28. The Labute approximate surface area is 130 Å². The molecule has 21 heavy (non-hydrogen) atoms. The molecule has 0 aliphatic carbocycles. The van der Waals surface area contributed by atoms with Crippen LogP contribution in [0.2, 0.25) is 0 Å². The van der Waals surface area contributed by atoms with Gasteiger partial charge in [0.15, 0.2) is 0 Å². The second-order valence-corrected chi connectivity index (χ2v) is 6.74. The third-order valence-electron chi connectivity index (χ3n) is 3.53. The zero-order valence-corrected chi connectivity index (χ0v) is 13.9. The lowest BCUT2D eigenvalue weighted by Gasteiger charge is -2.19. The summed E-state index contributed by atoms with van der Waals surface area (Å²) in [5.41, 5.74) is 2.34. The molecule has 0 amide bonds. The van der Waals surface area contributed by atoms with Crippen molar-refractivity contribution in [3.8, 4) is 0 Å². The largest absolute Gasteiger partial charge is 0.395 e. The van der Waals surface area contributed by atoms with Gasteiger partial charge in [0.25, 0.3) is 0 Å². The summed E-state index contributed by atoms with van der Waals surface area (Å²) < 4.78 is 0. The Hall–Kier alpha value is -1.59. The smallest absolute Gasteiger partial charge is 0.126 e. The maximum atomic E-state index is 8.95. The number of thiophene rings is 1. The van der Waals surface area contributed by atoms with Crippen LogP contribution in [0.15, 0.2) is 24.4 Å². The van der Waals surface area contributed by atoms with Gasteiger partial charge in [-0.1, -0.05) is 0 Å². The number of likely N-dealkylation sites (N-methyl/N-ethyl adjacent to an activating group) is 1. The summed E-state index contributed by atoms with van der Waals surface area (Å²) in [7, 11) is 1.94. The lowest BCUT2D eigenvalue weighted by atomic mass is 10.1. The highest BCUT2D eigenvalue weighted by atomic mass is 32.1. The van der Waals surface area contributed by atoms with Gasteiger partial charge in [0.1, 0.15) is 5.82 Å². The fourth-order valence-corrected chi connectivity index (χ4v) is 3.38. The van der Waals surface area contributed by atoms with Crippen LogP contribution in [-0.4, -0.2) is 30.3 Å². The van der Waals surface area contributed by atoms with E-state index in [9.17, 15) is 0 Å². The molecule has 0 spiro atoms. The number of pyridine rings is 1. The van der Waals surface area contributed by atoms with E-state index in [0.717, 1.165) is 11.5 Å². The summed E-state index contributed by atoms with van der Waals surface area (Å²) in [6, 6.07) is 6.47. The van der Waals surface area contributed by atoms with Gasteiger partial charge in [-0.15, -0.1) is 11.3 Å². The van der Waals surface area contributed by atoms with E-state index in [4.69, 9.17) is 5.11 Å². The third-order valence-corrected chi connectivity index (χ3v) is 4.52. The number of nitrogens with zero attached hydrogens (tertiary/aromatic N) is 2. The molecule has 0 saturated carbocycles. The molecule has 1 unspecified atom stereocenters. The number of hydrogen-bond acceptors (Lipinski definition) is 5. The van der Waals surface area contributed by atoms with Gasteiger partial charge in [-0.3, -0.25) is 0 Å². The summed E-state index contributed by atoms with van der Waals surface area (Å²) in [5, 5.41) is 12.4. The Morgan fingerprint density at radius 3 is 2.67 bits per heavy atom. The molecule has 1 atom stereocenters. The average molecular weight is 305 g/mol. The second kappa shape index (κ2) is 6.91. The van der Waals surface area contributed by atoms with Gasteiger partial charge < -0.3 is 15.3 Å². The number of aliphatic hydroxyl groups excluding tert-OH is 1. The maximum Gasteiger partial charge on any atom is 0.126 e. The second-order valence-electron chi connectivity index (χ2n) is 5.28.